The van der Waals surface area contributed by atoms with E-state index in [1.165, 1.54) is 12.3 Å². The van der Waals surface area contributed by atoms with Crippen LogP contribution in [0.5, 0.6) is 6.01 Å². The van der Waals surface area contributed by atoms with E-state index in [-0.39, 0.29) is 47.2 Å². The lowest BCUT2D eigenvalue weighted by Gasteiger charge is -2.40. The molecule has 0 bridgehead atoms. The van der Waals surface area contributed by atoms with Gasteiger partial charge in [-0.2, -0.15) is 9.97 Å². The van der Waals surface area contributed by atoms with Gasteiger partial charge in [0.1, 0.15) is 41.3 Å². The fourth-order valence-electron chi connectivity index (χ4n) is 7.12. The number of likely N-dealkylation sites (tertiary alicyclic amines) is 1. The number of carbonyl (C=O) groups is 1. The molecule has 1 unspecified atom stereocenters. The normalized spacial score (nSPS) is 21.7. The molecule has 234 valence electrons. The Morgan fingerprint density at radius 1 is 1.27 bits per heavy atom. The van der Waals surface area contributed by atoms with Crippen LogP contribution in [0.3, 0.4) is 0 Å². The Bertz CT molecular complexity index is 1840. The van der Waals surface area contributed by atoms with Gasteiger partial charge in [-0.3, -0.25) is 14.7 Å². The molecule has 3 saturated heterocycles. The summed E-state index contributed by atoms with van der Waals surface area (Å²) >= 11 is 6.55. The third kappa shape index (κ3) is 5.19. The van der Waals surface area contributed by atoms with Gasteiger partial charge in [0.2, 0.25) is 5.91 Å². The molecular formula is C32H33ClF2N8O2. The van der Waals surface area contributed by atoms with Crippen LogP contribution in [0.1, 0.15) is 19.3 Å². The summed E-state index contributed by atoms with van der Waals surface area (Å²) in [6, 6.07) is 6.97. The average Bonchev–Trinajstić information content (AvgIpc) is 3.52. The predicted molar refractivity (Wildman–Crippen MR) is 170 cm³/mol. The Labute approximate surface area is 263 Å². The van der Waals surface area contributed by atoms with Crippen LogP contribution in [0.25, 0.3) is 33.1 Å². The maximum Gasteiger partial charge on any atom is 0.319 e. The van der Waals surface area contributed by atoms with E-state index < -0.39 is 17.5 Å². The SMILES string of the molecule is C=CC(=O)N1CC(CN(C)c2nc(OCC34CCCN3C[C@H](F)C4)nc3c(F)c(-c4nc(N)cc5cccc(Cl)c45)ncc23)C1. The fraction of sp³-hybridized carbons (Fsp3) is 0.406. The van der Waals surface area contributed by atoms with Gasteiger partial charge in [0.25, 0.3) is 0 Å². The minimum absolute atomic E-state index is 0.00363. The Morgan fingerprint density at radius 2 is 2.09 bits per heavy atom. The maximum absolute atomic E-state index is 16.6. The van der Waals surface area contributed by atoms with Crippen molar-refractivity contribution in [2.24, 2.45) is 5.92 Å². The number of nitrogens with two attached hydrogens (primary N) is 1. The predicted octanol–water partition coefficient (Wildman–Crippen LogP) is 4.65. The smallest absolute Gasteiger partial charge is 0.319 e. The number of hydrogen-bond donors (Lipinski definition) is 1. The summed E-state index contributed by atoms with van der Waals surface area (Å²) in [5.74, 6) is -0.0191. The summed E-state index contributed by atoms with van der Waals surface area (Å²) in [5.41, 5.74) is 5.82. The summed E-state index contributed by atoms with van der Waals surface area (Å²) in [4.78, 5) is 35.9. The van der Waals surface area contributed by atoms with E-state index in [9.17, 15) is 9.18 Å². The summed E-state index contributed by atoms with van der Waals surface area (Å²) in [7, 11) is 1.85. The Hall–Kier alpha value is -4.16. The molecule has 0 aliphatic carbocycles. The second kappa shape index (κ2) is 11.3. The molecule has 0 radical (unpaired) electrons. The van der Waals surface area contributed by atoms with Gasteiger partial charge in [-0.05, 0) is 43.0 Å². The van der Waals surface area contributed by atoms with Crippen LogP contribution < -0.4 is 15.4 Å². The number of fused-ring (bicyclic) bond motifs is 3. The van der Waals surface area contributed by atoms with Crippen LogP contribution in [-0.2, 0) is 4.79 Å². The number of nitrogen functional groups attached to an aromatic ring is 1. The molecule has 0 spiro atoms. The molecule has 3 fully saturated rings. The Kier molecular flexibility index (Phi) is 7.44. The van der Waals surface area contributed by atoms with Gasteiger partial charge in [0, 0.05) is 57.1 Å². The van der Waals surface area contributed by atoms with Crippen molar-refractivity contribution in [3.8, 4) is 17.4 Å². The molecule has 0 saturated carbocycles. The Balaban J connectivity index is 1.29. The van der Waals surface area contributed by atoms with E-state index in [0.29, 0.717) is 59.6 Å². The molecule has 13 heteroatoms. The molecule has 1 amide bonds. The van der Waals surface area contributed by atoms with Crippen LogP contribution in [0.2, 0.25) is 5.02 Å². The van der Waals surface area contributed by atoms with Crippen molar-refractivity contribution in [3.63, 3.8) is 0 Å². The molecule has 3 aliphatic rings. The number of anilines is 2. The second-order valence-corrected chi connectivity index (χ2v) is 12.7. The third-order valence-corrected chi connectivity index (χ3v) is 9.58. The second-order valence-electron chi connectivity index (χ2n) is 12.3. The van der Waals surface area contributed by atoms with E-state index in [4.69, 9.17) is 27.1 Å². The lowest BCUT2D eigenvalue weighted by Crippen LogP contribution is -2.53. The Morgan fingerprint density at radius 3 is 2.89 bits per heavy atom. The minimum Gasteiger partial charge on any atom is -0.461 e. The van der Waals surface area contributed by atoms with Crippen molar-refractivity contribution >= 4 is 50.8 Å². The topological polar surface area (TPSA) is 114 Å². The van der Waals surface area contributed by atoms with Gasteiger partial charge < -0.3 is 20.3 Å². The van der Waals surface area contributed by atoms with Crippen molar-refractivity contribution in [1.29, 1.82) is 0 Å². The van der Waals surface area contributed by atoms with Crippen molar-refractivity contribution in [2.75, 3.05) is 57.0 Å². The molecular weight excluding hydrogens is 602 g/mol. The van der Waals surface area contributed by atoms with Crippen molar-refractivity contribution in [1.82, 2.24) is 29.7 Å². The van der Waals surface area contributed by atoms with Crippen molar-refractivity contribution < 1.29 is 18.3 Å². The van der Waals surface area contributed by atoms with E-state index in [2.05, 4.69) is 26.4 Å². The molecule has 2 N–H and O–H groups in total. The molecule has 3 aromatic heterocycles. The quantitative estimate of drug-likeness (QED) is 0.277. The van der Waals surface area contributed by atoms with Gasteiger partial charge in [0.15, 0.2) is 5.82 Å². The van der Waals surface area contributed by atoms with Crippen LogP contribution in [0.15, 0.2) is 43.1 Å². The number of carbonyl (C=O) groups excluding carboxylic acids is 1. The first-order chi connectivity index (χ1) is 21.7. The number of alkyl halides is 1. The van der Waals surface area contributed by atoms with E-state index in [1.807, 2.05) is 18.0 Å². The molecule has 2 atom stereocenters. The molecule has 3 aliphatic heterocycles. The summed E-state index contributed by atoms with van der Waals surface area (Å²) < 4.78 is 37.3. The highest BCUT2D eigenvalue weighted by Gasteiger charge is 2.49. The van der Waals surface area contributed by atoms with Crippen LogP contribution >= 0.6 is 11.6 Å². The summed E-state index contributed by atoms with van der Waals surface area (Å²) in [5, 5.41) is 1.99. The number of amides is 1. The van der Waals surface area contributed by atoms with Crippen LogP contribution in [-0.4, -0.2) is 93.7 Å². The van der Waals surface area contributed by atoms with Gasteiger partial charge >= 0.3 is 6.01 Å². The number of aromatic nitrogens is 4. The van der Waals surface area contributed by atoms with Crippen molar-refractivity contribution in [3.05, 3.63) is 54.0 Å². The molecule has 10 nitrogen and oxygen atoms in total. The fourth-order valence-corrected chi connectivity index (χ4v) is 7.39. The van der Waals surface area contributed by atoms with Crippen LogP contribution in [0.4, 0.5) is 20.4 Å². The number of nitrogens with zero attached hydrogens (tertiary/aromatic N) is 7. The molecule has 7 rings (SSSR count). The van der Waals surface area contributed by atoms with Crippen molar-refractivity contribution in [2.45, 2.75) is 31.0 Å². The van der Waals surface area contributed by atoms with Gasteiger partial charge in [-0.25, -0.2) is 13.8 Å². The summed E-state index contributed by atoms with van der Waals surface area (Å²) in [6.07, 6.45) is 4.07. The molecule has 45 heavy (non-hydrogen) atoms. The van der Waals surface area contributed by atoms with E-state index in [1.54, 1.807) is 23.1 Å². The van der Waals surface area contributed by atoms with Gasteiger partial charge in [0.05, 0.1) is 15.9 Å². The molecule has 4 aromatic rings. The standard InChI is InChI=1S/C32H33ClF2N8O2/c1-3-24(44)42-14-18(15-42)13-41(2)30-21-12-37-29(28-25-19(10-23(36)38-28)6-4-7-22(25)33)26(35)27(21)39-31(40-30)45-17-32-8-5-9-43(32)16-20(34)11-32/h3-4,6-7,10,12,18,20H,1,5,8-9,11,13-17H2,2H3,(H2,36,38)/t20-,32?/m1/s1. The molecule has 1 aromatic carbocycles. The summed E-state index contributed by atoms with van der Waals surface area (Å²) in [6.45, 7) is 6.66. The number of pyridine rings is 2. The van der Waals surface area contributed by atoms with Crippen LogP contribution in [0, 0.1) is 11.7 Å². The first kappa shape index (κ1) is 29.5. The first-order valence-electron chi connectivity index (χ1n) is 15.0. The van der Waals surface area contributed by atoms with Gasteiger partial charge in [-0.1, -0.05) is 30.3 Å². The van der Waals surface area contributed by atoms with E-state index in [0.717, 1.165) is 19.4 Å². The average molecular weight is 635 g/mol. The first-order valence-corrected chi connectivity index (χ1v) is 15.4. The lowest BCUT2D eigenvalue weighted by atomic mass is 9.95. The highest BCUT2D eigenvalue weighted by molar-refractivity contribution is 6.36. The molecule has 6 heterocycles. The monoisotopic (exact) mass is 634 g/mol. The number of hydrogen-bond acceptors (Lipinski definition) is 9. The lowest BCUT2D eigenvalue weighted by molar-refractivity contribution is -0.131. The number of rotatable bonds is 8. The highest BCUT2D eigenvalue weighted by atomic mass is 35.5. The van der Waals surface area contributed by atoms with Gasteiger partial charge in [-0.15, -0.1) is 0 Å². The highest BCUT2D eigenvalue weighted by Crippen LogP contribution is 2.41. The zero-order valence-electron chi connectivity index (χ0n) is 24.8. The number of benzene rings is 1. The third-order valence-electron chi connectivity index (χ3n) is 9.26. The minimum atomic E-state index is -0.915. The maximum atomic E-state index is 16.6. The largest absolute Gasteiger partial charge is 0.461 e. The van der Waals surface area contributed by atoms with E-state index >= 15 is 4.39 Å². The number of halogens is 3. The number of ether oxygens (including phenoxy) is 1. The zero-order chi connectivity index (χ0) is 31.5. The zero-order valence-corrected chi connectivity index (χ0v) is 25.6.